The van der Waals surface area contributed by atoms with Crippen LogP contribution in [-0.2, 0) is 9.53 Å². The van der Waals surface area contributed by atoms with E-state index in [1.807, 2.05) is 6.08 Å². The number of esters is 1. The number of hydrogen-bond donors (Lipinski definition) is 2. The van der Waals surface area contributed by atoms with Crippen LogP contribution in [0.4, 0.5) is 0 Å². The summed E-state index contributed by atoms with van der Waals surface area (Å²) in [5.41, 5.74) is -0.0933. The summed E-state index contributed by atoms with van der Waals surface area (Å²) in [6, 6.07) is 0. The van der Waals surface area contributed by atoms with Crippen molar-refractivity contribution >= 4 is 5.97 Å². The molecule has 0 aromatic rings. The van der Waals surface area contributed by atoms with E-state index >= 15 is 0 Å². The third-order valence-electron chi connectivity index (χ3n) is 7.95. The predicted octanol–water partition coefficient (Wildman–Crippen LogP) is 3.19. The van der Waals surface area contributed by atoms with Crippen molar-refractivity contribution in [2.24, 2.45) is 34.5 Å². The summed E-state index contributed by atoms with van der Waals surface area (Å²) >= 11 is 0. The second kappa shape index (κ2) is 5.68. The monoisotopic (exact) mass is 346 g/mol. The van der Waals surface area contributed by atoms with E-state index in [4.69, 9.17) is 4.74 Å². The molecule has 0 amide bonds. The Bertz CT molecular complexity index is 638. The van der Waals surface area contributed by atoms with E-state index in [0.29, 0.717) is 18.3 Å². The van der Waals surface area contributed by atoms with Crippen LogP contribution in [0, 0.1) is 34.5 Å². The highest BCUT2D eigenvalue weighted by atomic mass is 16.5. The van der Waals surface area contributed by atoms with Crippen molar-refractivity contribution in [2.45, 2.75) is 65.1 Å². The van der Waals surface area contributed by atoms with Gasteiger partial charge in [0.25, 0.3) is 0 Å². The molecule has 0 saturated heterocycles. The van der Waals surface area contributed by atoms with Crippen LogP contribution < -0.4 is 0 Å². The van der Waals surface area contributed by atoms with Crippen LogP contribution in [0.15, 0.2) is 24.0 Å². The van der Waals surface area contributed by atoms with Crippen molar-refractivity contribution in [3.63, 3.8) is 0 Å². The third-order valence-corrected chi connectivity index (χ3v) is 7.95. The van der Waals surface area contributed by atoms with Crippen LogP contribution in [0.3, 0.4) is 0 Å². The minimum atomic E-state index is -0.424. The summed E-state index contributed by atoms with van der Waals surface area (Å²) in [6.45, 7) is 5.98. The van der Waals surface area contributed by atoms with Gasteiger partial charge >= 0.3 is 5.97 Å². The number of aliphatic hydroxyl groups excluding tert-OH is 2. The molecule has 0 aliphatic heterocycles. The number of carbonyl (C=O) groups excluding carboxylic acids is 1. The van der Waals surface area contributed by atoms with Gasteiger partial charge in [0.05, 0.1) is 12.2 Å². The molecule has 138 valence electrons. The molecule has 4 rings (SSSR count). The molecule has 25 heavy (non-hydrogen) atoms. The molecular weight excluding hydrogens is 316 g/mol. The molecule has 0 radical (unpaired) electrons. The molecule has 0 heterocycles. The van der Waals surface area contributed by atoms with Crippen molar-refractivity contribution < 1.29 is 19.7 Å². The van der Waals surface area contributed by atoms with Crippen LogP contribution in [0.2, 0.25) is 0 Å². The number of carbonyl (C=O) groups is 1. The fourth-order valence-corrected chi connectivity index (χ4v) is 6.46. The van der Waals surface area contributed by atoms with Gasteiger partial charge in [-0.2, -0.15) is 0 Å². The maximum Gasteiger partial charge on any atom is 0.307 e. The molecule has 2 N–H and O–H groups in total. The minimum absolute atomic E-state index is 0.0115. The van der Waals surface area contributed by atoms with Gasteiger partial charge in [0, 0.05) is 12.8 Å². The summed E-state index contributed by atoms with van der Waals surface area (Å²) in [7, 11) is 0. The van der Waals surface area contributed by atoms with Gasteiger partial charge in [0.2, 0.25) is 0 Å². The second-order valence-electron chi connectivity index (χ2n) is 9.17. The van der Waals surface area contributed by atoms with Crippen molar-refractivity contribution in [3.05, 3.63) is 24.0 Å². The van der Waals surface area contributed by atoms with E-state index in [2.05, 4.69) is 26.0 Å². The first-order valence-corrected chi connectivity index (χ1v) is 9.71. The van der Waals surface area contributed by atoms with E-state index in [0.717, 1.165) is 31.4 Å². The maximum atomic E-state index is 11.8. The number of rotatable bonds is 1. The van der Waals surface area contributed by atoms with E-state index < -0.39 is 6.10 Å². The Balaban J connectivity index is 1.79. The van der Waals surface area contributed by atoms with Crippen LogP contribution in [0.25, 0.3) is 0 Å². The average molecular weight is 346 g/mol. The largest absolute Gasteiger partial charge is 0.431 e. The maximum absolute atomic E-state index is 11.8. The summed E-state index contributed by atoms with van der Waals surface area (Å²) in [4.78, 5) is 11.8. The first kappa shape index (κ1) is 17.3. The van der Waals surface area contributed by atoms with Gasteiger partial charge in [-0.15, -0.1) is 0 Å². The molecule has 4 aliphatic rings. The molecule has 4 aliphatic carbocycles. The minimum Gasteiger partial charge on any atom is -0.431 e. The van der Waals surface area contributed by atoms with Gasteiger partial charge in [0.1, 0.15) is 5.76 Å². The summed E-state index contributed by atoms with van der Waals surface area (Å²) < 4.78 is 5.71. The number of hydrogen-bond acceptors (Lipinski definition) is 4. The molecule has 4 heteroatoms. The van der Waals surface area contributed by atoms with Gasteiger partial charge in [-0.25, -0.2) is 0 Å². The van der Waals surface area contributed by atoms with E-state index in [9.17, 15) is 15.0 Å². The van der Waals surface area contributed by atoms with Crippen LogP contribution in [0.5, 0.6) is 0 Å². The topological polar surface area (TPSA) is 66.8 Å². The first-order chi connectivity index (χ1) is 11.8. The average Bonchev–Trinajstić information content (AvgIpc) is 2.84. The molecule has 2 saturated carbocycles. The van der Waals surface area contributed by atoms with Crippen molar-refractivity contribution in [1.82, 2.24) is 0 Å². The molecule has 0 bridgehead atoms. The molecule has 2 fully saturated rings. The standard InChI is InChI=1S/C21H30O4/c1-12(22)25-17-11-13-10-14(23)6-8-20(13,2)16-7-9-21(3)15(19(16)17)4-5-18(21)24/h6,8,11,13-16,18-19,23-24H,4-5,7,9-10H2,1-3H3/t13-,14-,15-,16-,18-,19-,20-,21-/m0/s1. The van der Waals surface area contributed by atoms with Gasteiger partial charge in [0.15, 0.2) is 0 Å². The lowest BCUT2D eigenvalue weighted by molar-refractivity contribution is -0.142. The summed E-state index contributed by atoms with van der Waals surface area (Å²) in [5.74, 6) is 1.65. The predicted molar refractivity (Wildman–Crippen MR) is 94.3 cm³/mol. The normalized spacial score (nSPS) is 51.2. The summed E-state index contributed by atoms with van der Waals surface area (Å²) in [6.07, 6.45) is 10.1. The van der Waals surface area contributed by atoms with Crippen molar-refractivity contribution in [2.75, 3.05) is 0 Å². The van der Waals surface area contributed by atoms with Crippen molar-refractivity contribution in [3.8, 4) is 0 Å². The SMILES string of the molecule is CC(=O)OC1=C[C@@H]2C[C@@H](O)C=C[C@]2(C)[C@H]2CC[C@]3(C)[C@@H](O)CC[C@H]3[C@H]12. The Morgan fingerprint density at radius 1 is 1.20 bits per heavy atom. The van der Waals surface area contributed by atoms with Crippen molar-refractivity contribution in [1.29, 1.82) is 0 Å². The Kier molecular flexibility index (Phi) is 3.93. The zero-order chi connectivity index (χ0) is 18.0. The fraction of sp³-hybridized carbons (Fsp3) is 0.762. The fourth-order valence-electron chi connectivity index (χ4n) is 6.46. The first-order valence-electron chi connectivity index (χ1n) is 9.71. The van der Waals surface area contributed by atoms with Gasteiger partial charge in [-0.05, 0) is 66.8 Å². The van der Waals surface area contributed by atoms with Crippen LogP contribution in [0.1, 0.15) is 52.9 Å². The Morgan fingerprint density at radius 2 is 1.96 bits per heavy atom. The van der Waals surface area contributed by atoms with Crippen LogP contribution >= 0.6 is 0 Å². The summed E-state index contributed by atoms with van der Waals surface area (Å²) in [5, 5.41) is 20.7. The molecule has 0 aromatic carbocycles. The zero-order valence-corrected chi connectivity index (χ0v) is 15.4. The number of aliphatic hydroxyl groups is 2. The number of ether oxygens (including phenoxy) is 1. The third kappa shape index (κ3) is 2.44. The molecule has 8 atom stereocenters. The Morgan fingerprint density at radius 3 is 2.68 bits per heavy atom. The molecule has 0 unspecified atom stereocenters. The van der Waals surface area contributed by atoms with Gasteiger partial charge < -0.3 is 14.9 Å². The van der Waals surface area contributed by atoms with Gasteiger partial charge in [-0.1, -0.05) is 26.0 Å². The lowest BCUT2D eigenvalue weighted by Crippen LogP contribution is -2.53. The number of fused-ring (bicyclic) bond motifs is 5. The Labute approximate surface area is 149 Å². The highest BCUT2D eigenvalue weighted by molar-refractivity contribution is 5.67. The zero-order valence-electron chi connectivity index (χ0n) is 15.4. The molecular formula is C21H30O4. The smallest absolute Gasteiger partial charge is 0.307 e. The highest BCUT2D eigenvalue weighted by Crippen LogP contribution is 2.65. The van der Waals surface area contributed by atoms with E-state index in [-0.39, 0.29) is 34.7 Å². The quantitative estimate of drug-likeness (QED) is 0.565. The highest BCUT2D eigenvalue weighted by Gasteiger charge is 2.60. The lowest BCUT2D eigenvalue weighted by atomic mass is 9.48. The number of allylic oxidation sites excluding steroid dienone is 3. The second-order valence-corrected chi connectivity index (χ2v) is 9.17. The van der Waals surface area contributed by atoms with Crippen LogP contribution in [-0.4, -0.2) is 28.4 Å². The molecule has 0 spiro atoms. The van der Waals surface area contributed by atoms with E-state index in [1.165, 1.54) is 6.92 Å². The Hall–Kier alpha value is -1.13. The molecule has 0 aromatic heterocycles. The molecule has 4 nitrogen and oxygen atoms in total. The van der Waals surface area contributed by atoms with Gasteiger partial charge in [-0.3, -0.25) is 4.79 Å². The van der Waals surface area contributed by atoms with E-state index in [1.54, 1.807) is 0 Å². The lowest BCUT2D eigenvalue weighted by Gasteiger charge is -2.57.